The first-order valence-corrected chi connectivity index (χ1v) is 8.99. The Bertz CT molecular complexity index is 617. The van der Waals surface area contributed by atoms with Crippen LogP contribution in [0.15, 0.2) is 41.1 Å². The van der Waals surface area contributed by atoms with Crippen molar-refractivity contribution in [2.45, 2.75) is 25.4 Å². The summed E-state index contributed by atoms with van der Waals surface area (Å²) in [6, 6.07) is 9.81. The van der Waals surface area contributed by atoms with Crippen molar-refractivity contribution in [1.29, 1.82) is 0 Å². The van der Waals surface area contributed by atoms with Crippen molar-refractivity contribution in [2.75, 3.05) is 25.0 Å². The van der Waals surface area contributed by atoms with Crippen molar-refractivity contribution in [1.82, 2.24) is 4.90 Å². The largest absolute Gasteiger partial charge is 0.393 e. The topological polar surface area (TPSA) is 52.6 Å². The van der Waals surface area contributed by atoms with Crippen LogP contribution < -0.4 is 5.32 Å². The molecule has 1 saturated heterocycles. The third kappa shape index (κ3) is 4.33. The van der Waals surface area contributed by atoms with Crippen LogP contribution in [0.2, 0.25) is 0 Å². The Hall–Kier alpha value is -1.85. The zero-order valence-corrected chi connectivity index (χ0v) is 13.9. The molecule has 122 valence electrons. The highest BCUT2D eigenvalue weighted by molar-refractivity contribution is 7.07. The molecular formula is C18H22N2O2S. The van der Waals surface area contributed by atoms with Gasteiger partial charge in [-0.1, -0.05) is 0 Å². The number of nitrogens with zero attached hydrogens (tertiary/aromatic N) is 1. The van der Waals surface area contributed by atoms with Crippen molar-refractivity contribution in [3.63, 3.8) is 0 Å². The van der Waals surface area contributed by atoms with Gasteiger partial charge in [-0.3, -0.25) is 4.79 Å². The molecule has 0 saturated carbocycles. The zero-order chi connectivity index (χ0) is 16.1. The maximum Gasteiger partial charge on any atom is 0.253 e. The Kier molecular flexibility index (Phi) is 5.31. The van der Waals surface area contributed by atoms with Gasteiger partial charge in [0.2, 0.25) is 0 Å². The number of thiophene rings is 1. The number of rotatable bonds is 5. The molecule has 0 radical (unpaired) electrons. The Morgan fingerprint density at radius 1 is 1.22 bits per heavy atom. The summed E-state index contributed by atoms with van der Waals surface area (Å²) in [5, 5.41) is 17.2. The minimum Gasteiger partial charge on any atom is -0.393 e. The van der Waals surface area contributed by atoms with Gasteiger partial charge in [-0.15, -0.1) is 0 Å². The number of aliphatic hydroxyl groups is 1. The minimum absolute atomic E-state index is 0.0572. The highest BCUT2D eigenvalue weighted by atomic mass is 32.1. The third-order valence-electron chi connectivity index (χ3n) is 4.21. The van der Waals surface area contributed by atoms with Gasteiger partial charge in [0.05, 0.1) is 6.10 Å². The van der Waals surface area contributed by atoms with Crippen molar-refractivity contribution in [2.24, 2.45) is 0 Å². The number of anilines is 1. The lowest BCUT2D eigenvalue weighted by Gasteiger charge is -2.29. The monoisotopic (exact) mass is 330 g/mol. The average molecular weight is 330 g/mol. The van der Waals surface area contributed by atoms with E-state index in [0.717, 1.165) is 18.7 Å². The number of aliphatic hydroxyl groups excluding tert-OH is 1. The second kappa shape index (κ2) is 7.62. The van der Waals surface area contributed by atoms with E-state index in [9.17, 15) is 9.90 Å². The van der Waals surface area contributed by atoms with Crippen LogP contribution in [-0.4, -0.2) is 41.7 Å². The molecule has 0 aliphatic carbocycles. The number of hydrogen-bond donors (Lipinski definition) is 2. The lowest BCUT2D eigenvalue weighted by Crippen LogP contribution is -2.40. The Labute approximate surface area is 140 Å². The number of carbonyl (C=O) groups is 1. The first-order chi connectivity index (χ1) is 11.2. The quantitative estimate of drug-likeness (QED) is 0.886. The zero-order valence-electron chi connectivity index (χ0n) is 13.1. The van der Waals surface area contributed by atoms with E-state index in [1.807, 2.05) is 29.2 Å². The van der Waals surface area contributed by atoms with Crippen molar-refractivity contribution in [3.05, 3.63) is 52.2 Å². The second-order valence-electron chi connectivity index (χ2n) is 5.91. The fourth-order valence-corrected chi connectivity index (χ4v) is 3.47. The molecule has 0 atom stereocenters. The smallest absolute Gasteiger partial charge is 0.253 e. The maximum absolute atomic E-state index is 12.4. The summed E-state index contributed by atoms with van der Waals surface area (Å²) in [4.78, 5) is 14.2. The van der Waals surface area contributed by atoms with E-state index in [4.69, 9.17) is 0 Å². The first-order valence-electron chi connectivity index (χ1n) is 8.05. The predicted molar refractivity (Wildman–Crippen MR) is 94.1 cm³/mol. The van der Waals surface area contributed by atoms with E-state index >= 15 is 0 Å². The molecule has 1 aromatic carbocycles. The highest BCUT2D eigenvalue weighted by Gasteiger charge is 2.22. The number of hydrogen-bond acceptors (Lipinski definition) is 4. The summed E-state index contributed by atoms with van der Waals surface area (Å²) in [6.07, 6.45) is 2.09. The van der Waals surface area contributed by atoms with Crippen LogP contribution >= 0.6 is 11.3 Å². The molecular weight excluding hydrogens is 308 g/mol. The molecule has 1 aliphatic heterocycles. The molecule has 2 heterocycles. The molecule has 2 N–H and O–H groups in total. The molecule has 5 heteroatoms. The summed E-state index contributed by atoms with van der Waals surface area (Å²) >= 11 is 1.72. The average Bonchev–Trinajstić information content (AvgIpc) is 3.09. The minimum atomic E-state index is -0.256. The van der Waals surface area contributed by atoms with Crippen LogP contribution in [0.4, 0.5) is 5.69 Å². The van der Waals surface area contributed by atoms with Crippen molar-refractivity contribution >= 4 is 22.9 Å². The molecule has 1 amide bonds. The molecule has 3 rings (SSSR count). The number of carbonyl (C=O) groups excluding carboxylic acids is 1. The number of piperidine rings is 1. The standard InChI is InChI=1S/C18H22N2O2S/c21-17-6-10-20(11-7-17)18(22)15-1-3-16(4-2-15)19-9-5-14-8-12-23-13-14/h1-4,8,12-13,17,19,21H,5-7,9-11H2. The van der Waals surface area contributed by atoms with Crippen molar-refractivity contribution in [3.8, 4) is 0 Å². The summed E-state index contributed by atoms with van der Waals surface area (Å²) in [7, 11) is 0. The lowest BCUT2D eigenvalue weighted by atomic mass is 10.1. The van der Waals surface area contributed by atoms with E-state index in [0.29, 0.717) is 31.5 Å². The lowest BCUT2D eigenvalue weighted by molar-refractivity contribution is 0.0546. The molecule has 0 bridgehead atoms. The Morgan fingerprint density at radius 3 is 2.61 bits per heavy atom. The van der Waals surface area contributed by atoms with E-state index in [1.165, 1.54) is 5.56 Å². The van der Waals surface area contributed by atoms with Gasteiger partial charge < -0.3 is 15.3 Å². The molecule has 0 unspecified atom stereocenters. The van der Waals surface area contributed by atoms with E-state index in [2.05, 4.69) is 22.1 Å². The normalized spacial score (nSPS) is 15.6. The van der Waals surface area contributed by atoms with Gasteiger partial charge in [0, 0.05) is 30.9 Å². The first kappa shape index (κ1) is 16.0. The van der Waals surface area contributed by atoms with Gasteiger partial charge in [-0.25, -0.2) is 0 Å². The Morgan fingerprint density at radius 2 is 1.96 bits per heavy atom. The van der Waals surface area contributed by atoms with Gasteiger partial charge in [0.25, 0.3) is 5.91 Å². The van der Waals surface area contributed by atoms with Gasteiger partial charge in [-0.05, 0) is 65.9 Å². The predicted octanol–water partition coefficient (Wildman–Crippen LogP) is 3.00. The SMILES string of the molecule is O=C(c1ccc(NCCc2ccsc2)cc1)N1CCC(O)CC1. The van der Waals surface area contributed by atoms with Crippen LogP contribution in [0.1, 0.15) is 28.8 Å². The van der Waals surface area contributed by atoms with Crippen LogP contribution in [-0.2, 0) is 6.42 Å². The van der Waals surface area contributed by atoms with Crippen LogP contribution in [0.25, 0.3) is 0 Å². The molecule has 2 aromatic rings. The van der Waals surface area contributed by atoms with Gasteiger partial charge in [0.15, 0.2) is 0 Å². The highest BCUT2D eigenvalue weighted by Crippen LogP contribution is 2.16. The summed E-state index contributed by atoms with van der Waals surface area (Å²) in [5.74, 6) is 0.0572. The Balaban J connectivity index is 1.51. The van der Waals surface area contributed by atoms with E-state index in [-0.39, 0.29) is 12.0 Å². The van der Waals surface area contributed by atoms with Crippen molar-refractivity contribution < 1.29 is 9.90 Å². The second-order valence-corrected chi connectivity index (χ2v) is 6.69. The summed E-state index contributed by atoms with van der Waals surface area (Å²) in [5.41, 5.74) is 3.09. The third-order valence-corrected chi connectivity index (χ3v) is 4.94. The van der Waals surface area contributed by atoms with E-state index < -0.39 is 0 Å². The van der Waals surface area contributed by atoms with Crippen LogP contribution in [0.3, 0.4) is 0 Å². The number of amides is 1. The molecule has 1 fully saturated rings. The number of likely N-dealkylation sites (tertiary alicyclic amines) is 1. The molecule has 1 aliphatic rings. The van der Waals surface area contributed by atoms with Gasteiger partial charge in [0.1, 0.15) is 0 Å². The summed E-state index contributed by atoms with van der Waals surface area (Å²) < 4.78 is 0. The van der Waals surface area contributed by atoms with Gasteiger partial charge >= 0.3 is 0 Å². The molecule has 0 spiro atoms. The summed E-state index contributed by atoms with van der Waals surface area (Å²) in [6.45, 7) is 2.16. The number of nitrogens with one attached hydrogen (secondary N) is 1. The molecule has 4 nitrogen and oxygen atoms in total. The fourth-order valence-electron chi connectivity index (χ4n) is 2.77. The maximum atomic E-state index is 12.4. The van der Waals surface area contributed by atoms with Gasteiger partial charge in [-0.2, -0.15) is 11.3 Å². The van der Waals surface area contributed by atoms with E-state index in [1.54, 1.807) is 11.3 Å². The fraction of sp³-hybridized carbons (Fsp3) is 0.389. The molecule has 1 aromatic heterocycles. The molecule has 23 heavy (non-hydrogen) atoms. The number of benzene rings is 1. The van der Waals surface area contributed by atoms with Crippen LogP contribution in [0, 0.1) is 0 Å². The van der Waals surface area contributed by atoms with Crippen LogP contribution in [0.5, 0.6) is 0 Å².